The van der Waals surface area contributed by atoms with Crippen molar-refractivity contribution < 1.29 is 136 Å². The van der Waals surface area contributed by atoms with Crippen LogP contribution in [0.4, 0.5) is 0 Å². The second kappa shape index (κ2) is 57.3. The van der Waals surface area contributed by atoms with Crippen molar-refractivity contribution in [2.24, 2.45) is 5.92 Å². The fraction of sp³-hybridized carbons (Fsp3) is 0.885. The van der Waals surface area contributed by atoms with Crippen molar-refractivity contribution in [3.63, 3.8) is 0 Å². The van der Waals surface area contributed by atoms with E-state index in [1.165, 1.54) is 84.0 Å². The Morgan fingerprint density at radius 1 is 0.482 bits per heavy atom. The van der Waals surface area contributed by atoms with Gasteiger partial charge in [-0.25, -0.2) is 4.57 Å². The second-order valence-electron chi connectivity index (χ2n) is 29.7. The monoisotopic (exact) mass is 1600 g/mol. The van der Waals surface area contributed by atoms with Crippen LogP contribution in [0, 0.1) is 5.92 Å². The summed E-state index contributed by atoms with van der Waals surface area (Å²) in [6, 6.07) is -1.44. The maximum atomic E-state index is 13.6. The van der Waals surface area contributed by atoms with Gasteiger partial charge in [-0.2, -0.15) is 0 Å². The summed E-state index contributed by atoms with van der Waals surface area (Å²) in [4.78, 5) is 64.9. The zero-order valence-electron chi connectivity index (χ0n) is 66.4. The summed E-state index contributed by atoms with van der Waals surface area (Å²) in [6.07, 6.45) is 8.76. The Morgan fingerprint density at radius 2 is 0.982 bits per heavy atom. The van der Waals surface area contributed by atoms with Crippen molar-refractivity contribution in [1.29, 1.82) is 0 Å². The fourth-order valence-corrected chi connectivity index (χ4v) is 14.6. The van der Waals surface area contributed by atoms with Crippen LogP contribution in [0.25, 0.3) is 0 Å². The first-order chi connectivity index (χ1) is 52.9. The summed E-state index contributed by atoms with van der Waals surface area (Å²) in [5, 5.41) is 116. The zero-order valence-corrected chi connectivity index (χ0v) is 67.3. The fourth-order valence-electron chi connectivity index (χ4n) is 13.6. The third-order valence-corrected chi connectivity index (χ3v) is 21.7. The first-order valence-corrected chi connectivity index (χ1v) is 42.5. The average molecular weight is 1600 g/mol. The molecule has 3 amide bonds. The average Bonchev–Trinajstić information content (AvgIpc) is 0.765. The number of carbonyl (C=O) groups excluding carboxylic acids is 5. The van der Waals surface area contributed by atoms with E-state index in [0.29, 0.717) is 25.7 Å². The van der Waals surface area contributed by atoms with Gasteiger partial charge < -0.3 is 110 Å². The van der Waals surface area contributed by atoms with Crippen molar-refractivity contribution in [2.75, 3.05) is 59.8 Å². The van der Waals surface area contributed by atoms with Crippen LogP contribution in [-0.2, 0) is 84.7 Å². The van der Waals surface area contributed by atoms with Gasteiger partial charge in [0.05, 0.1) is 51.3 Å². The number of aliphatic hydroxyl groups excluding tert-OH is 10. The van der Waals surface area contributed by atoms with Crippen molar-refractivity contribution in [3.05, 3.63) is 24.3 Å². The molecule has 3 saturated heterocycles. The number of hydrogen-bond donors (Lipinski definition) is 13. The molecule has 0 spiro atoms. The lowest BCUT2D eigenvalue weighted by molar-refractivity contribution is -0.384. The third-order valence-electron chi connectivity index (χ3n) is 20.3. The molecule has 0 aromatic heterocycles. The van der Waals surface area contributed by atoms with Gasteiger partial charge >= 0.3 is 19.8 Å². The van der Waals surface area contributed by atoms with Gasteiger partial charge in [0.1, 0.15) is 85.9 Å². The second-order valence-corrected chi connectivity index (χ2v) is 31.5. The van der Waals surface area contributed by atoms with E-state index in [1.807, 2.05) is 0 Å². The largest absolute Gasteiger partial charge is 0.474 e. The Hall–Kier alpha value is -3.74. The van der Waals surface area contributed by atoms with E-state index in [0.717, 1.165) is 91.1 Å². The molecule has 4 fully saturated rings. The van der Waals surface area contributed by atoms with Crippen LogP contribution in [0.1, 0.15) is 253 Å². The Labute approximate surface area is 652 Å². The van der Waals surface area contributed by atoms with Gasteiger partial charge in [-0.3, -0.25) is 37.5 Å². The van der Waals surface area contributed by atoms with E-state index in [-0.39, 0.29) is 83.2 Å². The molecule has 110 heavy (non-hydrogen) atoms. The molecular weight excluding hydrogens is 1460 g/mol. The summed E-state index contributed by atoms with van der Waals surface area (Å²) in [7, 11) is -3.15. The smallest absolute Gasteiger partial charge is 0.462 e. The number of phosphoric ester groups is 1. The van der Waals surface area contributed by atoms with E-state index >= 15 is 0 Å². The molecule has 22 atom stereocenters. The summed E-state index contributed by atoms with van der Waals surface area (Å²) in [6.45, 7) is 5.60. The Balaban J connectivity index is 1.24. The topological polar surface area (TPSA) is 452 Å². The summed E-state index contributed by atoms with van der Waals surface area (Å²) >= 11 is 0. The highest BCUT2D eigenvalue weighted by atomic mass is 31.2. The first kappa shape index (κ1) is 98.6. The highest BCUT2D eigenvalue weighted by molar-refractivity contribution is 7.48. The lowest BCUT2D eigenvalue weighted by Gasteiger charge is -2.51. The van der Waals surface area contributed by atoms with Gasteiger partial charge in [-0.15, -0.1) is 0 Å². The zero-order chi connectivity index (χ0) is 80.6. The Bertz CT molecular complexity index is 2600. The number of unbranched alkanes of at least 4 members (excludes halogenated alkanes) is 23. The summed E-state index contributed by atoms with van der Waals surface area (Å²) in [5.41, 5.74) is 0. The highest BCUT2D eigenvalue weighted by Gasteiger charge is 2.56. The number of esters is 2. The molecule has 0 radical (unpaired) electrons. The SMILES string of the molecule is CCCCCCCC/C=C/CCCCCCCC(=O)OC[C@H](COP(=O)(OC)OCCNC(=O)CCCCC(=O)NCCCO[C@@H]1OC(CO)[C@@H](O[C@@H]2CC(C)[C@@H](O)C(O)[C@@H]2O)[C@H](O[C@@H]2OC(CO)[C@H](O)[C@H](O)C2O[C@@H]2OC(C)[C@@H](O)[C@H](O)C2O)C1NC(C)=O)OC(=O)CCCCCCC/C=C/CCCCCCCC. The maximum absolute atomic E-state index is 13.6. The molecule has 1 aliphatic carbocycles. The van der Waals surface area contributed by atoms with Crippen molar-refractivity contribution >= 4 is 37.5 Å². The van der Waals surface area contributed by atoms with Crippen LogP contribution in [0.5, 0.6) is 0 Å². The maximum Gasteiger partial charge on any atom is 0.474 e. The minimum absolute atomic E-state index is 0.0326. The standard InChI is InChI=1S/C78H140N3O28P/c1-7-9-11-13-15-17-19-21-23-25-27-29-31-33-35-42-62(87)100-51-56(104-63(88)43-36-34-32-30-28-26-24-22-20-18-16-14-12-10-8-2)52-102-110(97,98-6)101-47-45-80-61(86)41-38-37-40-60(85)79-44-39-46-99-76-64(81-55(5)84)74(73(59(50-83)107-76)105-57-48-53(3)65(89)69(93)67(57)91)108-78-75(71(95)68(92)58(49-82)106-78)109-77-72(96)70(94)66(90)54(4)103-77/h21-24,53-54,56-59,64-78,82-83,89-96H,7-20,25-52H2,1-6H3,(H,79,85)(H,80,86)(H,81,84)/b23-21+,24-22+/t53?,54?,56-,57-,58?,59?,64?,65-,66-,67-,68+,69?,70+,71+,72?,73-,74-,75?,76-,77+,78+,110?/m1/s1. The molecule has 32 heteroatoms. The Morgan fingerprint density at radius 3 is 1.53 bits per heavy atom. The predicted octanol–water partition coefficient (Wildman–Crippen LogP) is 6.64. The predicted molar refractivity (Wildman–Crippen MR) is 405 cm³/mol. The number of hydrogen-bond acceptors (Lipinski definition) is 28. The van der Waals surface area contributed by atoms with Gasteiger partial charge in [0.25, 0.3) is 0 Å². The van der Waals surface area contributed by atoms with Gasteiger partial charge in [0, 0.05) is 52.8 Å². The van der Waals surface area contributed by atoms with Crippen LogP contribution in [-0.4, -0.2) is 263 Å². The molecule has 0 bridgehead atoms. The lowest BCUT2D eigenvalue weighted by Crippen LogP contribution is -2.70. The molecule has 640 valence electrons. The molecular formula is C78H140N3O28P. The van der Waals surface area contributed by atoms with Crippen molar-refractivity contribution in [2.45, 2.75) is 376 Å². The number of allylic oxidation sites excluding steroid dienone is 4. The highest BCUT2D eigenvalue weighted by Crippen LogP contribution is 2.48. The molecule has 3 heterocycles. The molecule has 31 nitrogen and oxygen atoms in total. The number of rotatable bonds is 60. The minimum Gasteiger partial charge on any atom is -0.462 e. The number of amides is 3. The van der Waals surface area contributed by atoms with E-state index in [9.17, 15) is 79.6 Å². The number of ether oxygens (including phenoxy) is 9. The quantitative estimate of drug-likeness (QED) is 0.0131. The Kier molecular flexibility index (Phi) is 51.4. The lowest BCUT2D eigenvalue weighted by atomic mass is 9.81. The molecule has 9 unspecified atom stereocenters. The van der Waals surface area contributed by atoms with Crippen LogP contribution in [0.3, 0.4) is 0 Å². The molecule has 1 saturated carbocycles. The van der Waals surface area contributed by atoms with Crippen molar-refractivity contribution in [3.8, 4) is 0 Å². The van der Waals surface area contributed by atoms with Gasteiger partial charge in [-0.05, 0) is 103 Å². The molecule has 0 aromatic carbocycles. The summed E-state index contributed by atoms with van der Waals surface area (Å²) < 4.78 is 83.8. The van der Waals surface area contributed by atoms with Crippen LogP contribution < -0.4 is 16.0 Å². The van der Waals surface area contributed by atoms with E-state index in [2.05, 4.69) is 54.1 Å². The van der Waals surface area contributed by atoms with Gasteiger partial charge in [-0.1, -0.05) is 148 Å². The van der Waals surface area contributed by atoms with E-state index < -0.39 is 174 Å². The van der Waals surface area contributed by atoms with Crippen molar-refractivity contribution in [1.82, 2.24) is 16.0 Å². The normalized spacial score (nSPS) is 29.4. The van der Waals surface area contributed by atoms with Gasteiger partial charge in [0.15, 0.2) is 25.0 Å². The number of phosphoric acid groups is 1. The molecule has 0 aromatic rings. The van der Waals surface area contributed by atoms with E-state index in [1.54, 1.807) is 6.92 Å². The molecule has 4 aliphatic rings. The molecule has 3 aliphatic heterocycles. The van der Waals surface area contributed by atoms with Crippen LogP contribution in [0.15, 0.2) is 24.3 Å². The number of carbonyl (C=O) groups is 5. The number of aliphatic hydroxyl groups is 10. The first-order valence-electron chi connectivity index (χ1n) is 41.0. The van der Waals surface area contributed by atoms with Crippen LogP contribution >= 0.6 is 7.82 Å². The van der Waals surface area contributed by atoms with Crippen LogP contribution in [0.2, 0.25) is 0 Å². The van der Waals surface area contributed by atoms with E-state index in [4.69, 9.17) is 56.2 Å². The van der Waals surface area contributed by atoms with Gasteiger partial charge in [0.2, 0.25) is 17.7 Å². The minimum atomic E-state index is -4.27. The number of nitrogens with one attached hydrogen (secondary N) is 3. The molecule has 13 N–H and O–H groups in total. The molecule has 4 rings (SSSR count). The third kappa shape index (κ3) is 37.9. The summed E-state index contributed by atoms with van der Waals surface area (Å²) in [5.74, 6) is -3.01.